The fourth-order valence-electron chi connectivity index (χ4n) is 2.74. The first-order valence-corrected chi connectivity index (χ1v) is 8.37. The predicted molar refractivity (Wildman–Crippen MR) is 93.7 cm³/mol. The summed E-state index contributed by atoms with van der Waals surface area (Å²) in [6.07, 6.45) is 1.27. The van der Waals surface area contributed by atoms with E-state index in [1.165, 1.54) is 4.68 Å². The summed E-state index contributed by atoms with van der Waals surface area (Å²) in [5, 5.41) is 4.20. The number of nitrogens with zero attached hydrogens (tertiary/aromatic N) is 4. The lowest BCUT2D eigenvalue weighted by Gasteiger charge is -2.45. The molecule has 0 radical (unpaired) electrons. The molecule has 1 aliphatic rings. The molecule has 0 unspecified atom stereocenters. The molecule has 2 rings (SSSR count). The van der Waals surface area contributed by atoms with Gasteiger partial charge in [-0.3, -0.25) is 4.79 Å². The van der Waals surface area contributed by atoms with E-state index < -0.39 is 5.60 Å². The molecular weight excluding hydrogens is 332 g/mol. The van der Waals surface area contributed by atoms with Crippen LogP contribution in [0.15, 0.2) is 11.0 Å². The summed E-state index contributed by atoms with van der Waals surface area (Å²) in [6, 6.07) is -0.0868. The molecule has 8 heteroatoms. The normalized spacial score (nSPS) is 21.8. The van der Waals surface area contributed by atoms with Crippen LogP contribution in [0.25, 0.3) is 0 Å². The van der Waals surface area contributed by atoms with Gasteiger partial charge in [-0.1, -0.05) is 11.6 Å². The Morgan fingerprint density at radius 3 is 2.50 bits per heavy atom. The van der Waals surface area contributed by atoms with Gasteiger partial charge < -0.3 is 14.5 Å². The van der Waals surface area contributed by atoms with Crippen LogP contribution in [0.1, 0.15) is 34.6 Å². The quantitative estimate of drug-likeness (QED) is 0.772. The molecule has 1 amide bonds. The van der Waals surface area contributed by atoms with Crippen molar-refractivity contribution in [1.29, 1.82) is 0 Å². The van der Waals surface area contributed by atoms with Crippen LogP contribution in [0.3, 0.4) is 0 Å². The average Bonchev–Trinajstić information content (AvgIpc) is 2.45. The first-order chi connectivity index (χ1) is 11.0. The highest BCUT2D eigenvalue weighted by atomic mass is 35.5. The molecule has 0 aromatic carbocycles. The van der Waals surface area contributed by atoms with E-state index in [0.717, 1.165) is 0 Å². The molecule has 0 bridgehead atoms. The minimum absolute atomic E-state index is 0.0138. The van der Waals surface area contributed by atoms with Crippen LogP contribution in [0.4, 0.5) is 10.5 Å². The van der Waals surface area contributed by atoms with Crippen molar-refractivity contribution in [2.75, 3.05) is 18.0 Å². The number of rotatable bonds is 1. The largest absolute Gasteiger partial charge is 0.444 e. The number of anilines is 1. The Labute approximate surface area is 147 Å². The molecule has 1 aromatic rings. The second kappa shape index (κ2) is 6.63. The van der Waals surface area contributed by atoms with Crippen LogP contribution >= 0.6 is 11.6 Å². The van der Waals surface area contributed by atoms with E-state index in [2.05, 4.69) is 5.10 Å². The van der Waals surface area contributed by atoms with Gasteiger partial charge in [-0.25, -0.2) is 9.48 Å². The number of hydrogen-bond donors (Lipinski definition) is 0. The van der Waals surface area contributed by atoms with E-state index in [9.17, 15) is 9.59 Å². The first kappa shape index (κ1) is 18.6. The smallest absolute Gasteiger partial charge is 0.410 e. The number of hydrogen-bond acceptors (Lipinski definition) is 5. The minimum Gasteiger partial charge on any atom is -0.444 e. The minimum atomic E-state index is -0.532. The summed E-state index contributed by atoms with van der Waals surface area (Å²) in [5.74, 6) is 0. The van der Waals surface area contributed by atoms with Gasteiger partial charge in [-0.2, -0.15) is 5.10 Å². The first-order valence-electron chi connectivity index (χ1n) is 7.99. The standard InChI is InChI=1S/C16H25ClN4O3/c1-10-9-21(15(23)24-16(3,4)5)11(2)8-20(10)12-7-18-19(6)14(22)13(12)17/h7,10-11H,8-9H2,1-6H3/t10-,11+/m0/s1. The van der Waals surface area contributed by atoms with Crippen LogP contribution in [-0.4, -0.2) is 51.5 Å². The van der Waals surface area contributed by atoms with Gasteiger partial charge in [0.1, 0.15) is 10.6 Å². The van der Waals surface area contributed by atoms with Gasteiger partial charge >= 0.3 is 6.09 Å². The van der Waals surface area contributed by atoms with Crippen molar-refractivity contribution in [3.05, 3.63) is 21.6 Å². The Morgan fingerprint density at radius 1 is 1.29 bits per heavy atom. The molecule has 0 aliphatic carbocycles. The fourth-order valence-corrected chi connectivity index (χ4v) is 3.02. The highest BCUT2D eigenvalue weighted by Crippen LogP contribution is 2.28. The maximum absolute atomic E-state index is 12.4. The zero-order chi connectivity index (χ0) is 18.2. The van der Waals surface area contributed by atoms with E-state index in [4.69, 9.17) is 16.3 Å². The van der Waals surface area contributed by atoms with E-state index in [1.54, 1.807) is 18.1 Å². The third-order valence-electron chi connectivity index (χ3n) is 3.98. The van der Waals surface area contributed by atoms with E-state index in [0.29, 0.717) is 18.8 Å². The van der Waals surface area contributed by atoms with Crippen molar-refractivity contribution in [3.63, 3.8) is 0 Å². The molecule has 24 heavy (non-hydrogen) atoms. The van der Waals surface area contributed by atoms with Crippen molar-refractivity contribution < 1.29 is 9.53 Å². The highest BCUT2D eigenvalue weighted by molar-refractivity contribution is 6.33. The number of piperazine rings is 1. The van der Waals surface area contributed by atoms with Crippen molar-refractivity contribution in [2.45, 2.75) is 52.3 Å². The second-order valence-electron chi connectivity index (χ2n) is 7.26. The number of carbonyl (C=O) groups excluding carboxylic acids is 1. The maximum atomic E-state index is 12.4. The number of aromatic nitrogens is 2. The number of carbonyl (C=O) groups is 1. The Morgan fingerprint density at radius 2 is 1.92 bits per heavy atom. The van der Waals surface area contributed by atoms with Gasteiger partial charge in [0, 0.05) is 32.2 Å². The van der Waals surface area contributed by atoms with Crippen LogP contribution in [0.5, 0.6) is 0 Å². The number of aryl methyl sites for hydroxylation is 1. The fraction of sp³-hybridized carbons (Fsp3) is 0.688. The zero-order valence-electron chi connectivity index (χ0n) is 15.0. The van der Waals surface area contributed by atoms with Gasteiger partial charge in [0.05, 0.1) is 11.9 Å². The van der Waals surface area contributed by atoms with E-state index >= 15 is 0 Å². The zero-order valence-corrected chi connectivity index (χ0v) is 15.8. The molecule has 0 N–H and O–H groups in total. The topological polar surface area (TPSA) is 67.7 Å². The van der Waals surface area contributed by atoms with Crippen molar-refractivity contribution >= 4 is 23.4 Å². The highest BCUT2D eigenvalue weighted by Gasteiger charge is 2.35. The molecule has 2 heterocycles. The third kappa shape index (κ3) is 3.83. The van der Waals surface area contributed by atoms with Gasteiger partial charge in [-0.05, 0) is 34.6 Å². The molecule has 2 atom stereocenters. The average molecular weight is 357 g/mol. The molecule has 0 saturated carbocycles. The molecule has 1 aliphatic heterocycles. The lowest BCUT2D eigenvalue weighted by molar-refractivity contribution is 0.0130. The summed E-state index contributed by atoms with van der Waals surface area (Å²) in [6.45, 7) is 10.5. The van der Waals surface area contributed by atoms with E-state index in [1.807, 2.05) is 39.5 Å². The van der Waals surface area contributed by atoms with Crippen molar-refractivity contribution in [2.24, 2.45) is 7.05 Å². The van der Waals surface area contributed by atoms with E-state index in [-0.39, 0.29) is 28.8 Å². The summed E-state index contributed by atoms with van der Waals surface area (Å²) >= 11 is 6.21. The van der Waals surface area contributed by atoms with Crippen molar-refractivity contribution in [3.8, 4) is 0 Å². The lowest BCUT2D eigenvalue weighted by atomic mass is 10.1. The summed E-state index contributed by atoms with van der Waals surface area (Å²) in [4.78, 5) is 28.1. The van der Waals surface area contributed by atoms with Crippen LogP contribution in [0, 0.1) is 0 Å². The number of halogens is 1. The van der Waals surface area contributed by atoms with Crippen LogP contribution < -0.4 is 10.5 Å². The maximum Gasteiger partial charge on any atom is 0.410 e. The molecule has 134 valence electrons. The van der Waals surface area contributed by atoms with Crippen LogP contribution in [-0.2, 0) is 11.8 Å². The lowest BCUT2D eigenvalue weighted by Crippen LogP contribution is -2.59. The molecule has 7 nitrogen and oxygen atoms in total. The summed E-state index contributed by atoms with van der Waals surface area (Å²) in [5.41, 5.74) is -0.262. The Hall–Kier alpha value is -1.76. The molecule has 1 fully saturated rings. The van der Waals surface area contributed by atoms with Gasteiger partial charge in [0.15, 0.2) is 0 Å². The second-order valence-corrected chi connectivity index (χ2v) is 7.63. The van der Waals surface area contributed by atoms with Gasteiger partial charge in [0.25, 0.3) is 5.56 Å². The van der Waals surface area contributed by atoms with Crippen molar-refractivity contribution in [1.82, 2.24) is 14.7 Å². The Bertz CT molecular complexity index is 683. The Kier molecular flexibility index (Phi) is 5.13. The molecule has 1 saturated heterocycles. The van der Waals surface area contributed by atoms with Gasteiger partial charge in [0.2, 0.25) is 0 Å². The number of ether oxygens (including phenoxy) is 1. The SMILES string of the molecule is C[C@@H]1CN(c2cnn(C)c(=O)c2Cl)[C@@H](C)CN1C(=O)OC(C)(C)C. The summed E-state index contributed by atoms with van der Waals surface area (Å²) < 4.78 is 6.68. The monoisotopic (exact) mass is 356 g/mol. The third-order valence-corrected chi connectivity index (χ3v) is 4.34. The number of amides is 1. The summed E-state index contributed by atoms with van der Waals surface area (Å²) in [7, 11) is 1.56. The molecular formula is C16H25ClN4O3. The predicted octanol–water partition coefficient (Wildman–Crippen LogP) is 2.27. The van der Waals surface area contributed by atoms with Crippen LogP contribution in [0.2, 0.25) is 5.02 Å². The molecule has 0 spiro atoms. The molecule has 1 aromatic heterocycles. The Balaban J connectivity index is 2.21. The van der Waals surface area contributed by atoms with Gasteiger partial charge in [-0.15, -0.1) is 0 Å².